The second kappa shape index (κ2) is 6.44. The average Bonchev–Trinajstić information content (AvgIpc) is 3.17. The number of hydrogen-bond donors (Lipinski definition) is 2. The molecule has 2 aromatic heterocycles. The summed E-state index contributed by atoms with van der Waals surface area (Å²) in [6.45, 7) is 0.320. The number of fused-ring (bicyclic) bond motifs is 2. The van der Waals surface area contributed by atoms with E-state index >= 15 is 0 Å². The van der Waals surface area contributed by atoms with E-state index in [4.69, 9.17) is 0 Å². The van der Waals surface area contributed by atoms with Crippen molar-refractivity contribution in [3.05, 3.63) is 65.6 Å². The van der Waals surface area contributed by atoms with Crippen LogP contribution in [0.5, 0.6) is 0 Å². The van der Waals surface area contributed by atoms with Crippen LogP contribution >= 0.6 is 0 Å². The maximum Gasteiger partial charge on any atom is 0.280 e. The van der Waals surface area contributed by atoms with Crippen molar-refractivity contribution in [3.63, 3.8) is 0 Å². The lowest BCUT2D eigenvalue weighted by Gasteiger charge is -2.13. The molecule has 0 unspecified atom stereocenters. The van der Waals surface area contributed by atoms with Crippen LogP contribution in [0, 0.1) is 0 Å². The Morgan fingerprint density at radius 2 is 1.96 bits per heavy atom. The molecule has 0 spiro atoms. The maximum absolute atomic E-state index is 12.2. The van der Waals surface area contributed by atoms with Crippen molar-refractivity contribution in [1.82, 2.24) is 20.2 Å². The van der Waals surface area contributed by atoms with Crippen LogP contribution in [0.4, 0.5) is 0 Å². The van der Waals surface area contributed by atoms with Crippen LogP contribution in [0.15, 0.2) is 48.8 Å². The van der Waals surface area contributed by atoms with Gasteiger partial charge in [0.2, 0.25) is 5.91 Å². The van der Waals surface area contributed by atoms with E-state index in [0.29, 0.717) is 5.56 Å². The largest absolute Gasteiger partial charge is 0.361 e. The summed E-state index contributed by atoms with van der Waals surface area (Å²) in [7, 11) is 0. The van der Waals surface area contributed by atoms with Gasteiger partial charge in [-0.15, -0.1) is 0 Å². The maximum atomic E-state index is 12.2. The molecule has 130 valence electrons. The van der Waals surface area contributed by atoms with Gasteiger partial charge in [0.1, 0.15) is 5.69 Å². The standard InChI is InChI=1S/C19H16N4O3/c24-16(10-12-11-22-15-6-2-1-4-13(12)15)20-8-9-23-18(25)14-5-3-7-21-17(14)19(23)26/h1-7,11,22H,8-10H2,(H,20,24). The fourth-order valence-corrected chi connectivity index (χ4v) is 3.14. The molecule has 7 nitrogen and oxygen atoms in total. The highest BCUT2D eigenvalue weighted by atomic mass is 16.2. The number of benzene rings is 1. The third kappa shape index (κ3) is 2.73. The Morgan fingerprint density at radius 3 is 2.81 bits per heavy atom. The number of rotatable bonds is 5. The first-order valence-electron chi connectivity index (χ1n) is 8.28. The summed E-state index contributed by atoms with van der Waals surface area (Å²) in [4.78, 5) is 44.8. The van der Waals surface area contributed by atoms with E-state index in [1.54, 1.807) is 12.1 Å². The van der Waals surface area contributed by atoms with Gasteiger partial charge in [-0.05, 0) is 23.8 Å². The van der Waals surface area contributed by atoms with Gasteiger partial charge in [-0.2, -0.15) is 0 Å². The molecule has 0 fully saturated rings. The summed E-state index contributed by atoms with van der Waals surface area (Å²) in [6.07, 6.45) is 3.53. The second-order valence-corrected chi connectivity index (χ2v) is 6.05. The molecule has 3 aromatic rings. The van der Waals surface area contributed by atoms with Crippen LogP contribution in [0.1, 0.15) is 26.4 Å². The van der Waals surface area contributed by atoms with E-state index in [0.717, 1.165) is 21.4 Å². The van der Waals surface area contributed by atoms with E-state index in [2.05, 4.69) is 15.3 Å². The molecule has 0 atom stereocenters. The third-order valence-corrected chi connectivity index (χ3v) is 4.41. The van der Waals surface area contributed by atoms with Crippen LogP contribution < -0.4 is 5.32 Å². The molecule has 3 amide bonds. The Hall–Kier alpha value is -3.48. The summed E-state index contributed by atoms with van der Waals surface area (Å²) in [5.41, 5.74) is 2.36. The first kappa shape index (κ1) is 16.0. The lowest BCUT2D eigenvalue weighted by molar-refractivity contribution is -0.120. The molecular weight excluding hydrogens is 332 g/mol. The topological polar surface area (TPSA) is 95.2 Å². The van der Waals surface area contributed by atoms with Crippen molar-refractivity contribution in [1.29, 1.82) is 0 Å². The molecule has 0 saturated heterocycles. The zero-order valence-electron chi connectivity index (χ0n) is 13.9. The van der Waals surface area contributed by atoms with E-state index in [1.165, 1.54) is 6.20 Å². The van der Waals surface area contributed by atoms with Gasteiger partial charge in [-0.25, -0.2) is 0 Å². The Morgan fingerprint density at radius 1 is 1.12 bits per heavy atom. The van der Waals surface area contributed by atoms with Gasteiger partial charge in [0, 0.05) is 36.4 Å². The lowest BCUT2D eigenvalue weighted by atomic mass is 10.1. The quantitative estimate of drug-likeness (QED) is 0.684. The van der Waals surface area contributed by atoms with E-state index < -0.39 is 5.91 Å². The van der Waals surface area contributed by atoms with Gasteiger partial charge in [-0.3, -0.25) is 24.3 Å². The van der Waals surface area contributed by atoms with Crippen molar-refractivity contribution < 1.29 is 14.4 Å². The van der Waals surface area contributed by atoms with Gasteiger partial charge in [0.15, 0.2) is 0 Å². The predicted molar refractivity (Wildman–Crippen MR) is 94.6 cm³/mol. The van der Waals surface area contributed by atoms with Crippen LogP contribution in [-0.2, 0) is 11.2 Å². The fourth-order valence-electron chi connectivity index (χ4n) is 3.14. The normalized spacial score (nSPS) is 13.3. The van der Waals surface area contributed by atoms with Gasteiger partial charge in [-0.1, -0.05) is 18.2 Å². The molecule has 1 aromatic carbocycles. The fraction of sp³-hybridized carbons (Fsp3) is 0.158. The van der Waals surface area contributed by atoms with Crippen molar-refractivity contribution in [2.45, 2.75) is 6.42 Å². The zero-order chi connectivity index (χ0) is 18.1. The highest BCUT2D eigenvalue weighted by Gasteiger charge is 2.36. The molecule has 0 aliphatic carbocycles. The van der Waals surface area contributed by atoms with E-state index in [-0.39, 0.29) is 37.0 Å². The lowest BCUT2D eigenvalue weighted by Crippen LogP contribution is -2.38. The van der Waals surface area contributed by atoms with Crippen LogP contribution in [0.25, 0.3) is 10.9 Å². The molecule has 0 bridgehead atoms. The number of pyridine rings is 1. The van der Waals surface area contributed by atoms with Crippen molar-refractivity contribution in [2.75, 3.05) is 13.1 Å². The highest BCUT2D eigenvalue weighted by Crippen LogP contribution is 2.20. The molecule has 4 rings (SSSR count). The predicted octanol–water partition coefficient (Wildman–Crippen LogP) is 1.52. The number of carbonyl (C=O) groups is 3. The molecule has 26 heavy (non-hydrogen) atoms. The van der Waals surface area contributed by atoms with Crippen LogP contribution in [0.2, 0.25) is 0 Å². The van der Waals surface area contributed by atoms with Crippen LogP contribution in [0.3, 0.4) is 0 Å². The Kier molecular flexibility index (Phi) is 3.96. The third-order valence-electron chi connectivity index (χ3n) is 4.41. The first-order valence-corrected chi connectivity index (χ1v) is 8.28. The monoisotopic (exact) mass is 348 g/mol. The average molecular weight is 348 g/mol. The van der Waals surface area contributed by atoms with Crippen molar-refractivity contribution in [2.24, 2.45) is 0 Å². The zero-order valence-corrected chi connectivity index (χ0v) is 13.9. The molecular formula is C19H16N4O3. The molecule has 0 radical (unpaired) electrons. The van der Waals surface area contributed by atoms with Crippen LogP contribution in [-0.4, -0.2) is 45.7 Å². The molecule has 7 heteroatoms. The Balaban J connectivity index is 1.35. The summed E-state index contributed by atoms with van der Waals surface area (Å²) < 4.78 is 0. The number of H-pyrrole nitrogens is 1. The number of para-hydroxylation sites is 1. The smallest absolute Gasteiger partial charge is 0.280 e. The van der Waals surface area contributed by atoms with Crippen molar-refractivity contribution in [3.8, 4) is 0 Å². The van der Waals surface area contributed by atoms with E-state index in [1.807, 2.05) is 30.5 Å². The number of imide groups is 1. The molecule has 1 aliphatic heterocycles. The number of nitrogens with one attached hydrogen (secondary N) is 2. The summed E-state index contributed by atoms with van der Waals surface area (Å²) >= 11 is 0. The Labute approximate surface area is 149 Å². The van der Waals surface area contributed by atoms with E-state index in [9.17, 15) is 14.4 Å². The number of aromatic nitrogens is 2. The summed E-state index contributed by atoms with van der Waals surface area (Å²) in [5, 5.41) is 3.77. The van der Waals surface area contributed by atoms with Gasteiger partial charge in [0.05, 0.1) is 12.0 Å². The minimum atomic E-state index is -0.420. The number of aromatic amines is 1. The molecule has 3 heterocycles. The number of amides is 3. The molecule has 0 saturated carbocycles. The van der Waals surface area contributed by atoms with Crippen molar-refractivity contribution >= 4 is 28.6 Å². The second-order valence-electron chi connectivity index (χ2n) is 6.05. The molecule has 2 N–H and O–H groups in total. The minimum absolute atomic E-state index is 0.119. The minimum Gasteiger partial charge on any atom is -0.361 e. The SMILES string of the molecule is O=C(Cc1c[nH]c2ccccc12)NCCN1C(=O)c2cccnc2C1=O. The number of nitrogens with zero attached hydrogens (tertiary/aromatic N) is 2. The summed E-state index contributed by atoms with van der Waals surface area (Å²) in [5.74, 6) is -0.954. The molecule has 1 aliphatic rings. The van der Waals surface area contributed by atoms with Gasteiger partial charge < -0.3 is 10.3 Å². The van der Waals surface area contributed by atoms with Gasteiger partial charge >= 0.3 is 0 Å². The number of carbonyl (C=O) groups excluding carboxylic acids is 3. The summed E-state index contributed by atoms with van der Waals surface area (Å²) in [6, 6.07) is 11.0. The Bertz CT molecular complexity index is 989. The highest BCUT2D eigenvalue weighted by molar-refractivity contribution is 6.20. The van der Waals surface area contributed by atoms with Gasteiger partial charge in [0.25, 0.3) is 11.8 Å². The number of hydrogen-bond acceptors (Lipinski definition) is 4. The first-order chi connectivity index (χ1) is 12.6.